The zero-order chi connectivity index (χ0) is 18.1. The summed E-state index contributed by atoms with van der Waals surface area (Å²) >= 11 is 7.46. The fraction of sp³-hybridized carbons (Fsp3) is 0.150. The molecular formula is C20H15ClFNO2S. The summed E-state index contributed by atoms with van der Waals surface area (Å²) in [5, 5.41) is 11.1. The molecule has 2 atom stereocenters. The van der Waals surface area contributed by atoms with E-state index >= 15 is 0 Å². The fourth-order valence-corrected chi connectivity index (χ4v) is 4.14. The highest BCUT2D eigenvalue weighted by Gasteiger charge is 2.30. The van der Waals surface area contributed by atoms with Crippen molar-refractivity contribution in [2.75, 3.05) is 6.54 Å². The summed E-state index contributed by atoms with van der Waals surface area (Å²) in [5.41, 5.74) is 1.59. The molecule has 1 aromatic carbocycles. The largest absolute Gasteiger partial charge is 0.463 e. The Morgan fingerprint density at radius 2 is 2.08 bits per heavy atom. The van der Waals surface area contributed by atoms with E-state index in [1.165, 1.54) is 17.4 Å². The molecule has 2 unspecified atom stereocenters. The molecule has 0 amide bonds. The highest BCUT2D eigenvalue weighted by molar-refractivity contribution is 7.19. The van der Waals surface area contributed by atoms with Crippen LogP contribution in [0.1, 0.15) is 11.7 Å². The standard InChI is InChI=1S/C20H15ClFNO2S/c21-17-8-7-16(26-17)14-11-25-20(13-5-1-2-6-15(13)22)18(14)19(24)12-4-3-9-23-10-12/h1-9,11-12,19,24H,10H2. The molecule has 0 spiro atoms. The van der Waals surface area contributed by atoms with Gasteiger partial charge in [-0.2, -0.15) is 0 Å². The maximum absolute atomic E-state index is 14.4. The molecule has 0 aliphatic carbocycles. The summed E-state index contributed by atoms with van der Waals surface area (Å²) in [7, 11) is 0. The van der Waals surface area contributed by atoms with E-state index in [9.17, 15) is 9.50 Å². The van der Waals surface area contributed by atoms with Crippen LogP contribution in [0.3, 0.4) is 0 Å². The van der Waals surface area contributed by atoms with Gasteiger partial charge in [0.2, 0.25) is 0 Å². The molecule has 3 heterocycles. The van der Waals surface area contributed by atoms with E-state index < -0.39 is 11.9 Å². The Morgan fingerprint density at radius 3 is 2.77 bits per heavy atom. The molecule has 1 aliphatic heterocycles. The Kier molecular flexibility index (Phi) is 4.76. The van der Waals surface area contributed by atoms with Crippen LogP contribution in [-0.4, -0.2) is 17.9 Å². The number of hydrogen-bond acceptors (Lipinski definition) is 4. The Labute approximate surface area is 159 Å². The Morgan fingerprint density at radius 1 is 1.23 bits per heavy atom. The highest BCUT2D eigenvalue weighted by Crippen LogP contribution is 2.44. The monoisotopic (exact) mass is 387 g/mol. The first-order valence-electron chi connectivity index (χ1n) is 8.12. The van der Waals surface area contributed by atoms with Crippen LogP contribution in [0.4, 0.5) is 4.39 Å². The molecule has 3 aromatic rings. The molecular weight excluding hydrogens is 373 g/mol. The van der Waals surface area contributed by atoms with E-state index in [4.69, 9.17) is 16.0 Å². The van der Waals surface area contributed by atoms with Gasteiger partial charge in [0.25, 0.3) is 0 Å². The van der Waals surface area contributed by atoms with E-state index in [1.54, 1.807) is 36.7 Å². The lowest BCUT2D eigenvalue weighted by molar-refractivity contribution is 0.135. The van der Waals surface area contributed by atoms with Crippen molar-refractivity contribution in [3.63, 3.8) is 0 Å². The van der Waals surface area contributed by atoms with Gasteiger partial charge in [-0.05, 0) is 30.3 Å². The van der Waals surface area contributed by atoms with Gasteiger partial charge in [-0.15, -0.1) is 11.3 Å². The molecule has 0 fully saturated rings. The number of allylic oxidation sites excluding steroid dienone is 1. The number of aliphatic hydroxyl groups is 1. The van der Waals surface area contributed by atoms with Crippen molar-refractivity contribution in [2.45, 2.75) is 6.10 Å². The molecule has 2 aromatic heterocycles. The van der Waals surface area contributed by atoms with Crippen LogP contribution in [-0.2, 0) is 0 Å². The number of furan rings is 1. The third kappa shape index (κ3) is 3.14. The molecule has 1 aliphatic rings. The first-order chi connectivity index (χ1) is 12.6. The van der Waals surface area contributed by atoms with Crippen LogP contribution in [0.15, 0.2) is 64.2 Å². The van der Waals surface area contributed by atoms with Crippen LogP contribution in [0.5, 0.6) is 0 Å². The predicted octanol–water partition coefficient (Wildman–Crippen LogP) is 5.76. The Hall–Kier alpha value is -2.21. The Balaban J connectivity index is 1.87. The number of aliphatic hydroxyl groups excluding tert-OH is 1. The minimum absolute atomic E-state index is 0.211. The number of rotatable bonds is 4. The zero-order valence-electron chi connectivity index (χ0n) is 13.6. The van der Waals surface area contributed by atoms with Crippen LogP contribution in [0.25, 0.3) is 21.8 Å². The number of dihydropyridines is 1. The number of halogens is 2. The van der Waals surface area contributed by atoms with E-state index in [0.29, 0.717) is 27.8 Å². The number of nitrogens with zero attached hydrogens (tertiary/aromatic N) is 1. The lowest BCUT2D eigenvalue weighted by Gasteiger charge is -2.21. The van der Waals surface area contributed by atoms with Crippen molar-refractivity contribution in [3.8, 4) is 21.8 Å². The second-order valence-electron chi connectivity index (χ2n) is 5.98. The van der Waals surface area contributed by atoms with Gasteiger partial charge in [-0.1, -0.05) is 29.8 Å². The molecule has 1 N–H and O–H groups in total. The quantitative estimate of drug-likeness (QED) is 0.618. The molecule has 3 nitrogen and oxygen atoms in total. The molecule has 0 saturated heterocycles. The van der Waals surface area contributed by atoms with Gasteiger partial charge >= 0.3 is 0 Å². The van der Waals surface area contributed by atoms with Crippen LogP contribution >= 0.6 is 22.9 Å². The van der Waals surface area contributed by atoms with Crippen LogP contribution < -0.4 is 0 Å². The van der Waals surface area contributed by atoms with E-state index in [-0.39, 0.29) is 5.92 Å². The smallest absolute Gasteiger partial charge is 0.143 e. The van der Waals surface area contributed by atoms with Gasteiger partial charge in [-0.25, -0.2) is 4.39 Å². The number of thiophene rings is 1. The van der Waals surface area contributed by atoms with Crippen molar-refractivity contribution in [3.05, 3.63) is 70.5 Å². The summed E-state index contributed by atoms with van der Waals surface area (Å²) in [5.74, 6) is -0.279. The average Bonchev–Trinajstić information content (AvgIpc) is 3.28. The SMILES string of the molecule is OC(c1c(-c2ccc(Cl)s2)coc1-c1ccccc1F)C1C=CC=NC1. The second-order valence-corrected chi connectivity index (χ2v) is 7.70. The Bertz CT molecular complexity index is 991. The predicted molar refractivity (Wildman–Crippen MR) is 103 cm³/mol. The van der Waals surface area contributed by atoms with E-state index in [2.05, 4.69) is 4.99 Å². The lowest BCUT2D eigenvalue weighted by atomic mass is 9.90. The fourth-order valence-electron chi connectivity index (χ4n) is 3.08. The minimum atomic E-state index is -0.882. The maximum Gasteiger partial charge on any atom is 0.143 e. The topological polar surface area (TPSA) is 45.7 Å². The zero-order valence-corrected chi connectivity index (χ0v) is 15.2. The summed E-state index contributed by atoms with van der Waals surface area (Å²) in [6, 6.07) is 10.0. The van der Waals surface area contributed by atoms with Crippen molar-refractivity contribution in [1.29, 1.82) is 0 Å². The first kappa shape index (κ1) is 17.2. The lowest BCUT2D eigenvalue weighted by Crippen LogP contribution is -2.16. The van der Waals surface area contributed by atoms with Gasteiger partial charge < -0.3 is 9.52 Å². The van der Waals surface area contributed by atoms with Crippen molar-refractivity contribution >= 4 is 29.2 Å². The van der Waals surface area contributed by atoms with Gasteiger partial charge in [0, 0.05) is 34.7 Å². The summed E-state index contributed by atoms with van der Waals surface area (Å²) in [6.45, 7) is 0.462. The normalized spacial score (nSPS) is 17.6. The maximum atomic E-state index is 14.4. The second kappa shape index (κ2) is 7.19. The van der Waals surface area contributed by atoms with Crippen LogP contribution in [0, 0.1) is 11.7 Å². The summed E-state index contributed by atoms with van der Waals surface area (Å²) in [6.07, 6.45) is 6.09. The van der Waals surface area contributed by atoms with Gasteiger partial charge in [0.1, 0.15) is 17.8 Å². The van der Waals surface area contributed by atoms with Crippen molar-refractivity contribution < 1.29 is 13.9 Å². The molecule has 132 valence electrons. The third-order valence-electron chi connectivity index (χ3n) is 4.35. The molecule has 0 saturated carbocycles. The average molecular weight is 388 g/mol. The molecule has 4 rings (SSSR count). The summed E-state index contributed by atoms with van der Waals surface area (Å²) < 4.78 is 20.8. The first-order valence-corrected chi connectivity index (χ1v) is 9.31. The highest BCUT2D eigenvalue weighted by atomic mass is 35.5. The summed E-state index contributed by atoms with van der Waals surface area (Å²) in [4.78, 5) is 5.08. The van der Waals surface area contributed by atoms with Crippen LogP contribution in [0.2, 0.25) is 4.34 Å². The van der Waals surface area contributed by atoms with Crippen molar-refractivity contribution in [2.24, 2.45) is 10.9 Å². The van der Waals surface area contributed by atoms with Gasteiger partial charge in [0.15, 0.2) is 0 Å². The molecule has 0 bridgehead atoms. The number of benzene rings is 1. The molecule has 0 radical (unpaired) electrons. The van der Waals surface area contributed by atoms with Gasteiger partial charge in [0.05, 0.1) is 16.0 Å². The minimum Gasteiger partial charge on any atom is -0.463 e. The number of hydrogen-bond donors (Lipinski definition) is 1. The van der Waals surface area contributed by atoms with E-state index in [1.807, 2.05) is 18.2 Å². The third-order valence-corrected chi connectivity index (χ3v) is 5.62. The van der Waals surface area contributed by atoms with E-state index in [0.717, 1.165) is 10.4 Å². The van der Waals surface area contributed by atoms with Crippen molar-refractivity contribution in [1.82, 2.24) is 0 Å². The molecule has 26 heavy (non-hydrogen) atoms. The van der Waals surface area contributed by atoms with Gasteiger partial charge in [-0.3, -0.25) is 4.99 Å². The number of aliphatic imine (C=N–C) groups is 1. The molecule has 6 heteroatoms.